The number of pyridine rings is 1. The third-order valence-electron chi connectivity index (χ3n) is 3.07. The van der Waals surface area contributed by atoms with E-state index in [1.54, 1.807) is 0 Å². The highest BCUT2D eigenvalue weighted by molar-refractivity contribution is 5.81. The summed E-state index contributed by atoms with van der Waals surface area (Å²) in [5, 5.41) is 0.927. The monoisotopic (exact) mass is 286 g/mol. The smallest absolute Gasteiger partial charge is 0.130 e. The Bertz CT molecular complexity index is 785. The van der Waals surface area contributed by atoms with Crippen molar-refractivity contribution in [2.45, 2.75) is 6.61 Å². The predicted octanol–water partition coefficient (Wildman–Crippen LogP) is 3.67. The van der Waals surface area contributed by atoms with Gasteiger partial charge in [-0.2, -0.15) is 0 Å². The van der Waals surface area contributed by atoms with E-state index in [1.165, 1.54) is 0 Å². The van der Waals surface area contributed by atoms with Gasteiger partial charge in [-0.05, 0) is 12.1 Å². The Morgan fingerprint density at radius 3 is 2.48 bits per heavy atom. The van der Waals surface area contributed by atoms with Gasteiger partial charge in [0.25, 0.3) is 0 Å². The maximum absolute atomic E-state index is 13.1. The van der Waals surface area contributed by atoms with E-state index in [4.69, 9.17) is 10.5 Å². The largest absolute Gasteiger partial charge is 0.489 e. The number of fused-ring (bicyclic) bond motifs is 1. The number of nitrogen functional groups attached to an aromatic ring is 1. The number of ether oxygens (including phenoxy) is 1. The van der Waals surface area contributed by atoms with Crippen LogP contribution in [0.2, 0.25) is 0 Å². The van der Waals surface area contributed by atoms with Crippen molar-refractivity contribution in [2.24, 2.45) is 0 Å². The van der Waals surface area contributed by atoms with Crippen molar-refractivity contribution >= 4 is 16.7 Å². The van der Waals surface area contributed by atoms with Gasteiger partial charge in [0.1, 0.15) is 29.8 Å². The minimum Gasteiger partial charge on any atom is -0.489 e. The van der Waals surface area contributed by atoms with E-state index in [1.807, 2.05) is 30.3 Å². The molecule has 2 aromatic carbocycles. The van der Waals surface area contributed by atoms with Gasteiger partial charge in [-0.15, -0.1) is 0 Å². The summed E-state index contributed by atoms with van der Waals surface area (Å²) in [6, 6.07) is 12.4. The minimum atomic E-state index is -0.686. The zero-order valence-corrected chi connectivity index (χ0v) is 11.0. The maximum atomic E-state index is 13.1. The van der Waals surface area contributed by atoms with Gasteiger partial charge in [0, 0.05) is 29.1 Å². The van der Waals surface area contributed by atoms with Gasteiger partial charge in [0.05, 0.1) is 5.52 Å². The van der Waals surface area contributed by atoms with E-state index >= 15 is 0 Å². The topological polar surface area (TPSA) is 48.1 Å². The van der Waals surface area contributed by atoms with Gasteiger partial charge in [-0.3, -0.25) is 0 Å². The first kappa shape index (κ1) is 13.3. The Morgan fingerprint density at radius 1 is 1.00 bits per heavy atom. The van der Waals surface area contributed by atoms with Gasteiger partial charge >= 0.3 is 0 Å². The van der Waals surface area contributed by atoms with Gasteiger partial charge in [0.2, 0.25) is 0 Å². The Morgan fingerprint density at radius 2 is 1.71 bits per heavy atom. The molecule has 0 spiro atoms. The van der Waals surface area contributed by atoms with Crippen LogP contribution in [0.15, 0.2) is 48.5 Å². The summed E-state index contributed by atoms with van der Waals surface area (Å²) in [7, 11) is 0. The van der Waals surface area contributed by atoms with Crippen molar-refractivity contribution in [3.63, 3.8) is 0 Å². The fraction of sp³-hybridized carbons (Fsp3) is 0.0625. The second-order valence-electron chi connectivity index (χ2n) is 4.62. The van der Waals surface area contributed by atoms with Crippen molar-refractivity contribution in [1.29, 1.82) is 0 Å². The molecule has 0 bridgehead atoms. The number of para-hydroxylation sites is 1. The summed E-state index contributed by atoms with van der Waals surface area (Å²) in [6.07, 6.45) is 0. The number of nitrogens with two attached hydrogens (primary N) is 1. The zero-order valence-electron chi connectivity index (χ0n) is 11.0. The highest BCUT2D eigenvalue weighted by Crippen LogP contribution is 2.21. The molecule has 3 aromatic rings. The number of hydrogen-bond acceptors (Lipinski definition) is 3. The zero-order chi connectivity index (χ0) is 14.8. The van der Waals surface area contributed by atoms with Crippen molar-refractivity contribution < 1.29 is 13.5 Å². The number of nitrogens with zero attached hydrogens (tertiary/aromatic N) is 1. The van der Waals surface area contributed by atoms with Crippen molar-refractivity contribution in [1.82, 2.24) is 4.98 Å². The molecule has 0 atom stereocenters. The Kier molecular flexibility index (Phi) is 3.39. The van der Waals surface area contributed by atoms with Gasteiger partial charge in [-0.25, -0.2) is 13.8 Å². The van der Waals surface area contributed by atoms with Crippen LogP contribution in [0.5, 0.6) is 5.75 Å². The molecule has 0 saturated carbocycles. The summed E-state index contributed by atoms with van der Waals surface area (Å²) in [4.78, 5) is 4.27. The number of rotatable bonds is 3. The molecule has 3 rings (SSSR count). The molecule has 106 valence electrons. The van der Waals surface area contributed by atoms with E-state index in [9.17, 15) is 8.78 Å². The third-order valence-corrected chi connectivity index (χ3v) is 3.07. The first-order chi connectivity index (χ1) is 10.1. The van der Waals surface area contributed by atoms with Gasteiger partial charge in [0.15, 0.2) is 0 Å². The van der Waals surface area contributed by atoms with Crippen LogP contribution in [0.4, 0.5) is 14.6 Å². The molecule has 0 aliphatic rings. The SMILES string of the molecule is Nc1nc2ccccc2cc1COc1cc(F)cc(F)c1. The number of anilines is 1. The molecule has 1 aromatic heterocycles. The molecule has 2 N–H and O–H groups in total. The Hall–Kier alpha value is -2.69. The lowest BCUT2D eigenvalue weighted by Gasteiger charge is -2.09. The number of benzene rings is 2. The lowest BCUT2D eigenvalue weighted by atomic mass is 10.1. The van der Waals surface area contributed by atoms with E-state index in [0.29, 0.717) is 11.4 Å². The molecule has 0 aliphatic carbocycles. The summed E-state index contributed by atoms with van der Waals surface area (Å²) < 4.78 is 31.6. The summed E-state index contributed by atoms with van der Waals surface area (Å²) in [6.45, 7) is 0.0898. The molecule has 0 saturated heterocycles. The van der Waals surface area contributed by atoms with Crippen LogP contribution in [0.1, 0.15) is 5.56 Å². The fourth-order valence-electron chi connectivity index (χ4n) is 2.06. The van der Waals surface area contributed by atoms with Gasteiger partial charge < -0.3 is 10.5 Å². The molecule has 0 unspecified atom stereocenters. The Labute approximate surface area is 120 Å². The highest BCUT2D eigenvalue weighted by Gasteiger charge is 2.06. The predicted molar refractivity (Wildman–Crippen MR) is 76.8 cm³/mol. The van der Waals surface area contributed by atoms with Crippen LogP contribution >= 0.6 is 0 Å². The molecule has 0 radical (unpaired) electrons. The van der Waals surface area contributed by atoms with Crippen LogP contribution in [-0.2, 0) is 6.61 Å². The van der Waals surface area contributed by atoms with E-state index in [-0.39, 0.29) is 12.4 Å². The molecule has 5 heteroatoms. The minimum absolute atomic E-state index is 0.0898. The summed E-state index contributed by atoms with van der Waals surface area (Å²) >= 11 is 0. The van der Waals surface area contributed by atoms with Crippen molar-refractivity contribution in [3.05, 3.63) is 65.7 Å². The molecule has 1 heterocycles. The molecular weight excluding hydrogens is 274 g/mol. The lowest BCUT2D eigenvalue weighted by Crippen LogP contribution is -2.03. The quantitative estimate of drug-likeness (QED) is 0.799. The van der Waals surface area contributed by atoms with E-state index in [0.717, 1.165) is 29.1 Å². The number of aromatic nitrogens is 1. The average molecular weight is 286 g/mol. The van der Waals surface area contributed by atoms with Crippen LogP contribution in [0, 0.1) is 11.6 Å². The van der Waals surface area contributed by atoms with Crippen LogP contribution in [0.25, 0.3) is 10.9 Å². The van der Waals surface area contributed by atoms with Crippen molar-refractivity contribution in [3.8, 4) is 5.75 Å². The number of hydrogen-bond donors (Lipinski definition) is 1. The molecule has 0 amide bonds. The Balaban J connectivity index is 1.86. The maximum Gasteiger partial charge on any atom is 0.130 e. The van der Waals surface area contributed by atoms with Crippen LogP contribution in [-0.4, -0.2) is 4.98 Å². The van der Waals surface area contributed by atoms with E-state index < -0.39 is 11.6 Å². The fourth-order valence-corrected chi connectivity index (χ4v) is 2.06. The van der Waals surface area contributed by atoms with E-state index in [2.05, 4.69) is 4.98 Å². The second-order valence-corrected chi connectivity index (χ2v) is 4.62. The molecule has 21 heavy (non-hydrogen) atoms. The summed E-state index contributed by atoms with van der Waals surface area (Å²) in [5.74, 6) is -0.921. The standard InChI is InChI=1S/C16H12F2N2O/c17-12-6-13(18)8-14(7-12)21-9-11-5-10-3-1-2-4-15(10)20-16(11)19/h1-8H,9H2,(H2,19,20). The third kappa shape index (κ3) is 2.91. The van der Waals surface area contributed by atoms with Crippen molar-refractivity contribution in [2.75, 3.05) is 5.73 Å². The second kappa shape index (κ2) is 5.36. The molecular formula is C16H12F2N2O. The molecule has 0 fully saturated rings. The van der Waals surface area contributed by atoms with Crippen LogP contribution < -0.4 is 10.5 Å². The molecule has 0 aliphatic heterocycles. The van der Waals surface area contributed by atoms with Crippen LogP contribution in [0.3, 0.4) is 0 Å². The number of halogens is 2. The van der Waals surface area contributed by atoms with Gasteiger partial charge in [-0.1, -0.05) is 18.2 Å². The normalized spacial score (nSPS) is 10.8. The lowest BCUT2D eigenvalue weighted by molar-refractivity contribution is 0.303. The molecule has 3 nitrogen and oxygen atoms in total. The highest BCUT2D eigenvalue weighted by atomic mass is 19.1. The first-order valence-electron chi connectivity index (χ1n) is 6.35. The first-order valence-corrected chi connectivity index (χ1v) is 6.35. The average Bonchev–Trinajstić information content (AvgIpc) is 2.44. The summed E-state index contributed by atoms with van der Waals surface area (Å²) in [5.41, 5.74) is 7.32.